The van der Waals surface area contributed by atoms with Crippen molar-refractivity contribution >= 4 is 34.9 Å². The molecule has 8 heteroatoms. The van der Waals surface area contributed by atoms with Crippen LogP contribution >= 0.6 is 12.2 Å². The van der Waals surface area contributed by atoms with Crippen LogP contribution in [0.15, 0.2) is 35.5 Å². The SMILES string of the molecule is COCC(=O)Nc1cccc(C2NC(=S)N(C)C(C)=C2C(=O)OCC(C)C)c1. The number of allylic oxidation sites excluding steroid dienone is 1. The second-order valence-corrected chi connectivity index (χ2v) is 7.43. The third-order valence-electron chi connectivity index (χ3n) is 4.30. The molecule has 1 aliphatic rings. The van der Waals surface area contributed by atoms with Gasteiger partial charge in [0.15, 0.2) is 5.11 Å². The monoisotopic (exact) mass is 405 g/mol. The average molecular weight is 406 g/mol. The van der Waals surface area contributed by atoms with Crippen LogP contribution < -0.4 is 10.6 Å². The Morgan fingerprint density at radius 2 is 2.07 bits per heavy atom. The first-order valence-corrected chi connectivity index (χ1v) is 9.46. The quantitative estimate of drug-likeness (QED) is 0.533. The van der Waals surface area contributed by atoms with Crippen molar-refractivity contribution in [1.82, 2.24) is 10.2 Å². The van der Waals surface area contributed by atoms with E-state index in [1.165, 1.54) is 7.11 Å². The van der Waals surface area contributed by atoms with E-state index in [-0.39, 0.29) is 24.4 Å². The molecule has 1 aliphatic heterocycles. The van der Waals surface area contributed by atoms with Gasteiger partial charge in [0, 0.05) is 25.5 Å². The maximum Gasteiger partial charge on any atom is 0.338 e. The number of ether oxygens (including phenoxy) is 2. The molecule has 1 heterocycles. The number of rotatable bonds is 7. The van der Waals surface area contributed by atoms with Crippen molar-refractivity contribution in [2.24, 2.45) is 5.92 Å². The molecule has 1 aromatic carbocycles. The van der Waals surface area contributed by atoms with Crippen LogP contribution in [0, 0.1) is 5.92 Å². The molecule has 2 rings (SSSR count). The van der Waals surface area contributed by atoms with Crippen molar-refractivity contribution in [3.05, 3.63) is 41.1 Å². The van der Waals surface area contributed by atoms with Gasteiger partial charge < -0.3 is 25.0 Å². The Kier molecular flexibility index (Phi) is 7.53. The predicted octanol–water partition coefficient (Wildman–Crippen LogP) is 2.61. The van der Waals surface area contributed by atoms with E-state index in [1.807, 2.05) is 39.0 Å². The van der Waals surface area contributed by atoms with E-state index in [2.05, 4.69) is 10.6 Å². The fourth-order valence-electron chi connectivity index (χ4n) is 2.79. The summed E-state index contributed by atoms with van der Waals surface area (Å²) in [7, 11) is 3.26. The lowest BCUT2D eigenvalue weighted by Crippen LogP contribution is -2.46. The molecule has 0 bridgehead atoms. The maximum absolute atomic E-state index is 12.8. The van der Waals surface area contributed by atoms with Crippen LogP contribution in [0.4, 0.5) is 5.69 Å². The highest BCUT2D eigenvalue weighted by Gasteiger charge is 2.33. The van der Waals surface area contributed by atoms with E-state index in [4.69, 9.17) is 21.7 Å². The molecule has 0 aliphatic carbocycles. The van der Waals surface area contributed by atoms with E-state index < -0.39 is 6.04 Å². The summed E-state index contributed by atoms with van der Waals surface area (Å²) in [5, 5.41) is 6.48. The fourth-order valence-corrected chi connectivity index (χ4v) is 3.05. The number of methoxy groups -OCH3 is 1. The van der Waals surface area contributed by atoms with Crippen molar-refractivity contribution in [3.63, 3.8) is 0 Å². The van der Waals surface area contributed by atoms with Crippen LogP contribution in [0.5, 0.6) is 0 Å². The van der Waals surface area contributed by atoms with Gasteiger partial charge in [-0.1, -0.05) is 26.0 Å². The molecule has 1 aromatic rings. The maximum atomic E-state index is 12.8. The number of esters is 1. The summed E-state index contributed by atoms with van der Waals surface area (Å²) >= 11 is 5.41. The van der Waals surface area contributed by atoms with Gasteiger partial charge >= 0.3 is 5.97 Å². The minimum absolute atomic E-state index is 0.0351. The van der Waals surface area contributed by atoms with E-state index in [9.17, 15) is 9.59 Å². The Morgan fingerprint density at radius 1 is 1.36 bits per heavy atom. The van der Waals surface area contributed by atoms with Gasteiger partial charge in [-0.05, 0) is 42.8 Å². The highest BCUT2D eigenvalue weighted by Crippen LogP contribution is 2.32. The fraction of sp³-hybridized carbons (Fsp3) is 0.450. The molecule has 28 heavy (non-hydrogen) atoms. The van der Waals surface area contributed by atoms with Crippen molar-refractivity contribution in [2.75, 3.05) is 32.7 Å². The summed E-state index contributed by atoms with van der Waals surface area (Å²) in [5.41, 5.74) is 2.63. The predicted molar refractivity (Wildman–Crippen MR) is 112 cm³/mol. The van der Waals surface area contributed by atoms with Crippen molar-refractivity contribution in [1.29, 1.82) is 0 Å². The summed E-state index contributed by atoms with van der Waals surface area (Å²) in [6.07, 6.45) is 0. The number of nitrogens with zero attached hydrogens (tertiary/aromatic N) is 1. The first-order valence-electron chi connectivity index (χ1n) is 9.05. The van der Waals surface area contributed by atoms with Gasteiger partial charge in [-0.3, -0.25) is 4.79 Å². The zero-order chi connectivity index (χ0) is 20.8. The van der Waals surface area contributed by atoms with Gasteiger partial charge in [-0.15, -0.1) is 0 Å². The Balaban J connectivity index is 2.36. The van der Waals surface area contributed by atoms with E-state index in [0.29, 0.717) is 23.0 Å². The Bertz CT molecular complexity index is 791. The molecule has 7 nitrogen and oxygen atoms in total. The van der Waals surface area contributed by atoms with Crippen LogP contribution in [0.3, 0.4) is 0 Å². The number of carbonyl (C=O) groups excluding carboxylic acids is 2. The number of anilines is 1. The minimum atomic E-state index is -0.470. The molecule has 0 saturated heterocycles. The van der Waals surface area contributed by atoms with Crippen molar-refractivity contribution < 1.29 is 19.1 Å². The molecule has 152 valence electrons. The van der Waals surface area contributed by atoms with Gasteiger partial charge in [0.25, 0.3) is 0 Å². The molecule has 1 unspecified atom stereocenters. The molecular weight excluding hydrogens is 378 g/mol. The number of thiocarbonyl (C=S) groups is 1. The number of amides is 1. The molecule has 1 amide bonds. The number of hydrogen-bond donors (Lipinski definition) is 2. The highest BCUT2D eigenvalue weighted by molar-refractivity contribution is 7.80. The molecule has 2 N–H and O–H groups in total. The Morgan fingerprint density at radius 3 is 2.71 bits per heavy atom. The Hall–Kier alpha value is -2.45. The average Bonchev–Trinajstić information content (AvgIpc) is 2.64. The third-order valence-corrected chi connectivity index (χ3v) is 4.69. The summed E-state index contributed by atoms with van der Waals surface area (Å²) in [4.78, 5) is 26.4. The second kappa shape index (κ2) is 9.66. The third kappa shape index (κ3) is 5.30. The number of carbonyl (C=O) groups is 2. The van der Waals surface area contributed by atoms with Gasteiger partial charge in [-0.2, -0.15) is 0 Å². The molecule has 0 fully saturated rings. The van der Waals surface area contributed by atoms with E-state index in [0.717, 1.165) is 11.3 Å². The Labute approximate surface area is 171 Å². The van der Waals surface area contributed by atoms with Crippen LogP contribution in [0.25, 0.3) is 0 Å². The zero-order valence-electron chi connectivity index (χ0n) is 16.9. The normalized spacial score (nSPS) is 16.9. The summed E-state index contributed by atoms with van der Waals surface area (Å²) in [6, 6.07) is 6.80. The summed E-state index contributed by atoms with van der Waals surface area (Å²) in [6.45, 7) is 6.11. The lowest BCUT2D eigenvalue weighted by molar-refractivity contribution is -0.140. The van der Waals surface area contributed by atoms with E-state index >= 15 is 0 Å². The molecule has 0 radical (unpaired) electrons. The van der Waals surface area contributed by atoms with Crippen molar-refractivity contribution in [3.8, 4) is 0 Å². The summed E-state index contributed by atoms with van der Waals surface area (Å²) < 4.78 is 10.3. The molecule has 0 saturated carbocycles. The number of nitrogens with one attached hydrogen (secondary N) is 2. The van der Waals surface area contributed by atoms with Crippen molar-refractivity contribution in [2.45, 2.75) is 26.8 Å². The lowest BCUT2D eigenvalue weighted by atomic mass is 9.94. The largest absolute Gasteiger partial charge is 0.462 e. The van der Waals surface area contributed by atoms with Crippen LogP contribution in [0.2, 0.25) is 0 Å². The van der Waals surface area contributed by atoms with Gasteiger partial charge in [-0.25, -0.2) is 4.79 Å². The van der Waals surface area contributed by atoms with Crippen LogP contribution in [-0.4, -0.2) is 49.3 Å². The summed E-state index contributed by atoms with van der Waals surface area (Å²) in [5.74, 6) is -0.403. The molecule has 0 spiro atoms. The standard InChI is InChI=1S/C20H27N3O4S/c1-12(2)10-27-19(25)17-13(3)23(4)20(28)22-18(17)14-7-6-8-15(9-14)21-16(24)11-26-5/h6-9,12,18H,10-11H2,1-5H3,(H,21,24)(H,22,28). The topological polar surface area (TPSA) is 79.9 Å². The lowest BCUT2D eigenvalue weighted by Gasteiger charge is -2.35. The first-order chi connectivity index (χ1) is 13.2. The first kappa shape index (κ1) is 21.8. The molecular formula is C20H27N3O4S. The zero-order valence-corrected chi connectivity index (χ0v) is 17.7. The van der Waals surface area contributed by atoms with Gasteiger partial charge in [0.05, 0.1) is 18.2 Å². The van der Waals surface area contributed by atoms with Gasteiger partial charge in [0.1, 0.15) is 6.61 Å². The molecule has 0 aromatic heterocycles. The van der Waals surface area contributed by atoms with Crippen LogP contribution in [0.1, 0.15) is 32.4 Å². The second-order valence-electron chi connectivity index (χ2n) is 7.04. The number of hydrogen-bond acceptors (Lipinski definition) is 5. The number of benzene rings is 1. The smallest absolute Gasteiger partial charge is 0.338 e. The minimum Gasteiger partial charge on any atom is -0.462 e. The molecule has 1 atom stereocenters. The highest BCUT2D eigenvalue weighted by atomic mass is 32.1. The van der Waals surface area contributed by atoms with Gasteiger partial charge in [0.2, 0.25) is 5.91 Å². The van der Waals surface area contributed by atoms with E-state index in [1.54, 1.807) is 18.0 Å². The van der Waals surface area contributed by atoms with Crippen LogP contribution in [-0.2, 0) is 19.1 Å².